The molecule has 0 unspecified atom stereocenters. The normalized spacial score (nSPS) is 11.2. The molecule has 8 rings (SSSR count). The van der Waals surface area contributed by atoms with Gasteiger partial charge in [0.2, 0.25) is 0 Å². The maximum Gasteiger partial charge on any atom is 0.416 e. The molecule has 0 atom stereocenters. The molecule has 0 aliphatic carbocycles. The highest BCUT2D eigenvalue weighted by atomic mass is 35.5. The molecular weight excluding hydrogens is 1190 g/mol. The van der Waals surface area contributed by atoms with Crippen molar-refractivity contribution >= 4 is 40.9 Å². The topological polar surface area (TPSA) is 195 Å². The minimum atomic E-state index is -4.43. The fourth-order valence-corrected chi connectivity index (χ4v) is 9.99. The monoisotopic (exact) mass is 1260 g/mol. The first kappa shape index (κ1) is 71.0. The third kappa shape index (κ3) is 22.7. The number of benzene rings is 6. The number of oxime groups is 1. The van der Waals surface area contributed by atoms with E-state index in [9.17, 15) is 35.1 Å². The summed E-state index contributed by atoms with van der Waals surface area (Å²) in [5.74, 6) is 2.24. The van der Waals surface area contributed by atoms with E-state index in [0.717, 1.165) is 68.7 Å². The fourth-order valence-electron chi connectivity index (χ4n) is 7.94. The van der Waals surface area contributed by atoms with Crippen molar-refractivity contribution in [3.8, 4) is 38.7 Å². The lowest BCUT2D eigenvalue weighted by Gasteiger charge is -2.13. The second-order valence-corrected chi connectivity index (χ2v) is 20.5. The van der Waals surface area contributed by atoms with Gasteiger partial charge in [0.15, 0.2) is 5.84 Å². The van der Waals surface area contributed by atoms with Gasteiger partial charge in [-0.3, -0.25) is 0 Å². The number of hydrogen-bond acceptors (Lipinski definition) is 14. The second kappa shape index (κ2) is 36.5. The van der Waals surface area contributed by atoms with E-state index in [1.165, 1.54) is 90.8 Å². The van der Waals surface area contributed by atoms with E-state index < -0.39 is 35.1 Å². The number of amidine groups is 1. The molecule has 0 spiro atoms. The van der Waals surface area contributed by atoms with Crippen LogP contribution in [0.5, 0.6) is 11.5 Å². The number of hydrogen-bond donors (Lipinski definition) is 4. The summed E-state index contributed by atoms with van der Waals surface area (Å²) in [7, 11) is 0. The maximum absolute atomic E-state index is 14.3. The number of halogens is 9. The van der Waals surface area contributed by atoms with Crippen LogP contribution in [0.2, 0.25) is 0 Å². The molecule has 2 heterocycles. The van der Waals surface area contributed by atoms with Crippen LogP contribution in [0.4, 0.5) is 35.1 Å². The maximum atomic E-state index is 14.3. The summed E-state index contributed by atoms with van der Waals surface area (Å²) < 4.78 is 129. The first-order chi connectivity index (χ1) is 40.9. The van der Waals surface area contributed by atoms with Crippen LogP contribution in [-0.4, -0.2) is 64.0 Å². The van der Waals surface area contributed by atoms with Gasteiger partial charge in [0.25, 0.3) is 0 Å². The Balaban J connectivity index is 0.000000320. The van der Waals surface area contributed by atoms with Crippen molar-refractivity contribution in [2.45, 2.75) is 85.2 Å². The second-order valence-electron chi connectivity index (χ2n) is 18.3. The Labute approximate surface area is 508 Å². The molecule has 2 aromatic heterocycles. The highest BCUT2D eigenvalue weighted by molar-refractivity contribution is 7.15. The number of nitrogens with two attached hydrogens (primary N) is 2. The molecule has 0 fully saturated rings. The van der Waals surface area contributed by atoms with E-state index in [2.05, 4.69) is 46.7 Å². The van der Waals surface area contributed by atoms with Crippen molar-refractivity contribution < 1.29 is 64.5 Å². The largest absolute Gasteiger partial charge is 0.488 e. The lowest BCUT2D eigenvalue weighted by atomic mass is 10.1. The lowest BCUT2D eigenvalue weighted by Crippen LogP contribution is -2.21. The van der Waals surface area contributed by atoms with Gasteiger partial charge in [0, 0.05) is 36.5 Å². The number of ether oxygens (including phenoxy) is 4. The van der Waals surface area contributed by atoms with Gasteiger partial charge in [-0.2, -0.15) is 31.6 Å². The predicted molar refractivity (Wildman–Crippen MR) is 319 cm³/mol. The zero-order valence-electron chi connectivity index (χ0n) is 47.2. The van der Waals surface area contributed by atoms with E-state index in [1.54, 1.807) is 6.07 Å². The van der Waals surface area contributed by atoms with Gasteiger partial charge >= 0.3 is 12.4 Å². The van der Waals surface area contributed by atoms with Crippen molar-refractivity contribution in [3.05, 3.63) is 212 Å². The minimum Gasteiger partial charge on any atom is -0.488 e. The van der Waals surface area contributed by atoms with Crippen molar-refractivity contribution in [2.75, 3.05) is 32.8 Å². The molecule has 0 radical (unpaired) electrons. The Hall–Kier alpha value is -7.53. The van der Waals surface area contributed by atoms with Crippen LogP contribution in [0.15, 0.2) is 151 Å². The standard InChI is InChI=1S/C28H25F4N3O3S.C28H22F4N2O2S.C6H15N.ClH.H3NO/c29-23-15-21(12-13-22(23)26(33)35-36)38-17-25-24(7-4-14-37-16-18-5-2-1-3-6-18)34-27(39-25)19-8-10-20(11-9-19)28(30,31)32;29-24-15-23(13-10-21(24)16-33)36-18-26-25(7-4-14-35-17-19-5-2-1-3-6-19)34-27(37-26)20-8-11-22(12-9-20)28(30,31)32;1-4-7(5-2)6-3;;1-2/h1-3,5-6,8-13,15,36H,4,7,14,16-17H2,(H2,33,35);1-3,5-6,8-13,15H,4,7,14,17-18H2;4-6H2,1-3H3;1H;2H,1H2. The number of aryl methyl sites for hydroxylation is 2. The Morgan fingerprint density at radius 2 is 1.00 bits per heavy atom. The van der Waals surface area contributed by atoms with Crippen LogP contribution in [0.1, 0.15) is 88.1 Å². The summed E-state index contributed by atoms with van der Waals surface area (Å²) >= 11 is 2.61. The van der Waals surface area contributed by atoms with Crippen molar-refractivity contribution in [1.29, 1.82) is 5.26 Å². The van der Waals surface area contributed by atoms with Crippen LogP contribution in [0.25, 0.3) is 21.1 Å². The van der Waals surface area contributed by atoms with Crippen LogP contribution in [0, 0.1) is 23.0 Å². The van der Waals surface area contributed by atoms with Crippen molar-refractivity contribution in [2.24, 2.45) is 16.8 Å². The molecule has 0 aliphatic heterocycles. The predicted octanol–water partition coefficient (Wildman–Crippen LogP) is 15.5. The molecule has 13 nitrogen and oxygen atoms in total. The van der Waals surface area contributed by atoms with Crippen LogP contribution >= 0.6 is 35.1 Å². The minimum absolute atomic E-state index is 0. The van der Waals surface area contributed by atoms with Gasteiger partial charge < -0.3 is 40.0 Å². The molecule has 0 saturated heterocycles. The zero-order valence-corrected chi connectivity index (χ0v) is 49.7. The molecule has 0 bridgehead atoms. The Bertz CT molecular complexity index is 3320. The van der Waals surface area contributed by atoms with Gasteiger partial charge in [0.05, 0.1) is 56.6 Å². The Morgan fingerprint density at radius 1 is 0.593 bits per heavy atom. The third-order valence-corrected chi connectivity index (χ3v) is 14.8. The van der Waals surface area contributed by atoms with Gasteiger partial charge in [-0.25, -0.2) is 24.6 Å². The van der Waals surface area contributed by atoms with Crippen molar-refractivity contribution in [1.82, 2.24) is 14.9 Å². The number of aromatic nitrogens is 2. The van der Waals surface area contributed by atoms with Crippen LogP contribution in [-0.2, 0) is 61.1 Å². The summed E-state index contributed by atoms with van der Waals surface area (Å²) in [5.41, 5.74) is 8.59. The quantitative estimate of drug-likeness (QED) is 0.0112. The molecule has 8 aromatic rings. The highest BCUT2D eigenvalue weighted by Gasteiger charge is 2.31. The third-order valence-electron chi connectivity index (χ3n) is 12.6. The first-order valence-corrected chi connectivity index (χ1v) is 28.3. The summed E-state index contributed by atoms with van der Waals surface area (Å²) in [6.45, 7) is 12.3. The highest BCUT2D eigenvalue weighted by Crippen LogP contribution is 2.36. The molecule has 86 heavy (non-hydrogen) atoms. The number of alkyl halides is 6. The Morgan fingerprint density at radius 3 is 1.35 bits per heavy atom. The van der Waals surface area contributed by atoms with Gasteiger partial charge in [-0.05, 0) is 105 Å². The van der Waals surface area contributed by atoms with Crippen LogP contribution < -0.4 is 21.1 Å². The molecule has 6 N–H and O–H groups in total. The van der Waals surface area contributed by atoms with Crippen LogP contribution in [0.3, 0.4) is 0 Å². The van der Waals surface area contributed by atoms with E-state index >= 15 is 0 Å². The summed E-state index contributed by atoms with van der Waals surface area (Å²) in [6.07, 6.45) is -6.36. The summed E-state index contributed by atoms with van der Waals surface area (Å²) in [4.78, 5) is 13.3. The number of rotatable bonds is 24. The van der Waals surface area contributed by atoms with Crippen molar-refractivity contribution in [3.63, 3.8) is 0 Å². The van der Waals surface area contributed by atoms with E-state index in [4.69, 9.17) is 40.4 Å². The molecule has 24 heteroatoms. The summed E-state index contributed by atoms with van der Waals surface area (Å²) in [5, 5.41) is 28.1. The Kier molecular flexibility index (Phi) is 30.1. The zero-order chi connectivity index (χ0) is 61.8. The smallest absolute Gasteiger partial charge is 0.416 e. The molecule has 0 saturated carbocycles. The van der Waals surface area contributed by atoms with E-state index in [0.29, 0.717) is 73.3 Å². The molecule has 6 aromatic carbocycles. The number of nitrogens with zero attached hydrogens (tertiary/aromatic N) is 5. The SMILES string of the molecule is CCN(CC)CC.Cl.N#Cc1ccc(OCc2sc(-c3ccc(C(F)(F)F)cc3)nc2CCCOCc2ccccc2)cc1F.NC(=NO)c1ccc(OCc2sc(-c3ccc(C(F)(F)F)cc3)nc2CCCOCc2ccccc2)cc1F.NO. The molecular formula is C62H66ClF8N7O6S2. The fraction of sp³-hybridized carbons (Fsp3) is 0.290. The van der Waals surface area contributed by atoms with E-state index in [1.807, 2.05) is 60.7 Å². The van der Waals surface area contributed by atoms with E-state index in [-0.39, 0.29) is 54.1 Å². The molecule has 0 aliphatic rings. The van der Waals surface area contributed by atoms with Gasteiger partial charge in [-0.15, -0.1) is 35.1 Å². The number of thiazole rings is 2. The molecule has 0 amide bonds. The molecule has 460 valence electrons. The average molecular weight is 1260 g/mol. The van der Waals surface area contributed by atoms with Gasteiger partial charge in [0.1, 0.15) is 52.4 Å². The average Bonchev–Trinajstić information content (AvgIpc) is 4.36. The number of nitriles is 1. The summed E-state index contributed by atoms with van der Waals surface area (Å²) in [6, 6.07) is 39.0. The van der Waals surface area contributed by atoms with Gasteiger partial charge in [-0.1, -0.05) is 111 Å². The lowest BCUT2D eigenvalue weighted by molar-refractivity contribution is -0.138. The first-order valence-electron chi connectivity index (χ1n) is 26.7.